The summed E-state index contributed by atoms with van der Waals surface area (Å²) < 4.78 is 0. The second-order valence-corrected chi connectivity index (χ2v) is 7.88. The molecule has 3 heterocycles. The Balaban J connectivity index is 1.56. The van der Waals surface area contributed by atoms with Crippen LogP contribution in [-0.4, -0.2) is 65.3 Å². The number of nitrogens with one attached hydrogen (secondary N) is 1. The molecule has 0 atom stereocenters. The number of carbonyl (C=O) groups excluding carboxylic acids is 2. The lowest BCUT2D eigenvalue weighted by Gasteiger charge is -2.35. The van der Waals surface area contributed by atoms with Gasteiger partial charge >= 0.3 is 0 Å². The van der Waals surface area contributed by atoms with Crippen LogP contribution in [-0.2, 0) is 4.79 Å². The van der Waals surface area contributed by atoms with Crippen molar-refractivity contribution in [2.75, 3.05) is 27.2 Å². The predicted molar refractivity (Wildman–Crippen MR) is 108 cm³/mol. The number of nitrogens with zero attached hydrogens (tertiary/aromatic N) is 4. The lowest BCUT2D eigenvalue weighted by atomic mass is 9.87. The number of hydrogen-bond donors (Lipinski definition) is 1. The summed E-state index contributed by atoms with van der Waals surface area (Å²) in [6.45, 7) is 4.90. The highest BCUT2D eigenvalue weighted by Gasteiger charge is 2.47. The van der Waals surface area contributed by atoms with Crippen LogP contribution >= 0.6 is 0 Å². The van der Waals surface area contributed by atoms with Crippen LogP contribution in [0, 0.1) is 13.8 Å². The molecule has 2 aliphatic heterocycles. The van der Waals surface area contributed by atoms with Crippen LogP contribution in [0.15, 0.2) is 29.3 Å². The molecule has 7 nitrogen and oxygen atoms in total. The lowest BCUT2D eigenvalue weighted by Crippen LogP contribution is -2.50. The topological polar surface area (TPSA) is 77.9 Å². The van der Waals surface area contributed by atoms with E-state index in [1.807, 2.05) is 57.1 Å². The Morgan fingerprint density at radius 3 is 2.57 bits per heavy atom. The minimum Gasteiger partial charge on any atom is -0.349 e. The van der Waals surface area contributed by atoms with Crippen molar-refractivity contribution < 1.29 is 9.59 Å². The normalized spacial score (nSPS) is 18.4. The molecule has 0 aliphatic carbocycles. The number of pyridine rings is 1. The second kappa shape index (κ2) is 6.58. The average molecular weight is 379 g/mol. The molecule has 0 radical (unpaired) electrons. The summed E-state index contributed by atoms with van der Waals surface area (Å²) >= 11 is 0. The van der Waals surface area contributed by atoms with E-state index in [2.05, 4.69) is 15.3 Å². The van der Waals surface area contributed by atoms with Crippen LogP contribution in [0.25, 0.3) is 10.9 Å². The van der Waals surface area contributed by atoms with Gasteiger partial charge in [0.2, 0.25) is 5.96 Å². The molecule has 2 amide bonds. The van der Waals surface area contributed by atoms with Crippen LogP contribution in [0.2, 0.25) is 0 Å². The van der Waals surface area contributed by atoms with Crippen molar-refractivity contribution in [2.45, 2.75) is 32.2 Å². The number of fused-ring (bicyclic) bond motifs is 1. The number of guanidine groups is 1. The van der Waals surface area contributed by atoms with E-state index in [-0.39, 0.29) is 11.8 Å². The van der Waals surface area contributed by atoms with E-state index in [4.69, 9.17) is 0 Å². The van der Waals surface area contributed by atoms with Gasteiger partial charge in [-0.05, 0) is 38.3 Å². The van der Waals surface area contributed by atoms with Gasteiger partial charge in [-0.15, -0.1) is 0 Å². The van der Waals surface area contributed by atoms with Crippen molar-refractivity contribution in [1.29, 1.82) is 0 Å². The molecule has 1 saturated heterocycles. The van der Waals surface area contributed by atoms with E-state index in [0.717, 1.165) is 22.2 Å². The molecular weight excluding hydrogens is 354 g/mol. The minimum absolute atomic E-state index is 0.0292. The van der Waals surface area contributed by atoms with Crippen LogP contribution in [0.1, 0.15) is 34.5 Å². The highest BCUT2D eigenvalue weighted by molar-refractivity contribution is 6.07. The molecule has 0 saturated carbocycles. The number of para-hydroxylation sites is 1. The second-order valence-electron chi connectivity index (χ2n) is 7.88. The van der Waals surface area contributed by atoms with Crippen LogP contribution in [0.5, 0.6) is 0 Å². The van der Waals surface area contributed by atoms with Crippen LogP contribution in [0.4, 0.5) is 0 Å². The number of likely N-dealkylation sites (tertiary alicyclic amines) is 1. The molecular formula is C21H25N5O2. The fraction of sp³-hybridized carbons (Fsp3) is 0.429. The van der Waals surface area contributed by atoms with Gasteiger partial charge < -0.3 is 9.80 Å². The summed E-state index contributed by atoms with van der Waals surface area (Å²) in [4.78, 5) is 38.5. The number of aliphatic imine (C=N–C) groups is 1. The summed E-state index contributed by atoms with van der Waals surface area (Å²) in [5.74, 6) is 0.496. The molecule has 0 unspecified atom stereocenters. The van der Waals surface area contributed by atoms with E-state index in [1.165, 1.54) is 0 Å². The molecule has 2 aromatic rings. The lowest BCUT2D eigenvalue weighted by molar-refractivity contribution is -0.125. The van der Waals surface area contributed by atoms with Crippen molar-refractivity contribution in [1.82, 2.24) is 20.1 Å². The zero-order valence-electron chi connectivity index (χ0n) is 16.7. The van der Waals surface area contributed by atoms with Gasteiger partial charge in [-0.25, -0.2) is 4.99 Å². The van der Waals surface area contributed by atoms with Crippen molar-refractivity contribution in [3.8, 4) is 0 Å². The number of aryl methyl sites for hydroxylation is 2. The van der Waals surface area contributed by atoms with Crippen molar-refractivity contribution in [3.63, 3.8) is 0 Å². The Bertz CT molecular complexity index is 1000. The Morgan fingerprint density at radius 2 is 1.93 bits per heavy atom. The average Bonchev–Trinajstić information content (AvgIpc) is 2.99. The molecule has 2 aliphatic rings. The van der Waals surface area contributed by atoms with Gasteiger partial charge in [0.1, 0.15) is 5.54 Å². The zero-order chi connectivity index (χ0) is 20.1. The van der Waals surface area contributed by atoms with E-state index in [1.54, 1.807) is 4.90 Å². The SMILES string of the molecule is Cc1nc2c(C)cccc2cc1C(=O)N1CCC2(CC1)N=C(N(C)C)NC2=O. The first kappa shape index (κ1) is 18.4. The van der Waals surface area contributed by atoms with Gasteiger partial charge in [0, 0.05) is 32.6 Å². The fourth-order valence-electron chi connectivity index (χ4n) is 3.96. The van der Waals surface area contributed by atoms with Crippen LogP contribution in [0.3, 0.4) is 0 Å². The van der Waals surface area contributed by atoms with Gasteiger partial charge in [-0.2, -0.15) is 0 Å². The van der Waals surface area contributed by atoms with Gasteiger partial charge in [-0.3, -0.25) is 19.9 Å². The Morgan fingerprint density at radius 1 is 1.21 bits per heavy atom. The molecule has 1 fully saturated rings. The Kier molecular flexibility index (Phi) is 4.33. The quantitative estimate of drug-likeness (QED) is 0.821. The first-order valence-corrected chi connectivity index (χ1v) is 9.56. The van der Waals surface area contributed by atoms with Crippen LogP contribution < -0.4 is 5.32 Å². The van der Waals surface area contributed by atoms with E-state index in [0.29, 0.717) is 37.5 Å². The number of aromatic nitrogens is 1. The van der Waals surface area contributed by atoms with E-state index < -0.39 is 5.54 Å². The summed E-state index contributed by atoms with van der Waals surface area (Å²) in [6, 6.07) is 7.92. The van der Waals surface area contributed by atoms with Crippen molar-refractivity contribution >= 4 is 28.7 Å². The molecule has 0 bridgehead atoms. The molecule has 146 valence electrons. The minimum atomic E-state index is -0.746. The number of hydrogen-bond acceptors (Lipinski definition) is 5. The highest BCUT2D eigenvalue weighted by atomic mass is 16.2. The summed E-state index contributed by atoms with van der Waals surface area (Å²) in [6.07, 6.45) is 1.06. The smallest absolute Gasteiger partial charge is 0.255 e. The third kappa shape index (κ3) is 2.91. The van der Waals surface area contributed by atoms with E-state index in [9.17, 15) is 9.59 Å². The first-order chi connectivity index (χ1) is 13.3. The zero-order valence-corrected chi connectivity index (χ0v) is 16.7. The molecule has 1 aromatic carbocycles. The van der Waals surface area contributed by atoms with Crippen molar-refractivity contribution in [3.05, 3.63) is 41.1 Å². The molecule has 1 aromatic heterocycles. The summed E-state index contributed by atoms with van der Waals surface area (Å²) in [5, 5.41) is 3.82. The maximum Gasteiger partial charge on any atom is 0.255 e. The number of rotatable bonds is 1. The van der Waals surface area contributed by atoms with Gasteiger partial charge in [0.25, 0.3) is 11.8 Å². The molecule has 7 heteroatoms. The highest BCUT2D eigenvalue weighted by Crippen LogP contribution is 2.31. The predicted octanol–water partition coefficient (Wildman–Crippen LogP) is 1.87. The van der Waals surface area contributed by atoms with Gasteiger partial charge in [-0.1, -0.05) is 18.2 Å². The number of benzene rings is 1. The third-order valence-corrected chi connectivity index (χ3v) is 5.74. The maximum atomic E-state index is 13.1. The monoisotopic (exact) mass is 379 g/mol. The third-order valence-electron chi connectivity index (χ3n) is 5.74. The fourth-order valence-corrected chi connectivity index (χ4v) is 3.96. The molecule has 1 N–H and O–H groups in total. The first-order valence-electron chi connectivity index (χ1n) is 9.56. The van der Waals surface area contributed by atoms with Crippen molar-refractivity contribution in [2.24, 2.45) is 4.99 Å². The van der Waals surface area contributed by atoms with E-state index >= 15 is 0 Å². The number of carbonyl (C=O) groups is 2. The molecule has 4 rings (SSSR count). The summed E-state index contributed by atoms with van der Waals surface area (Å²) in [5.41, 5.74) is 2.65. The summed E-state index contributed by atoms with van der Waals surface area (Å²) in [7, 11) is 3.71. The van der Waals surface area contributed by atoms with Gasteiger partial charge in [0.05, 0.1) is 16.8 Å². The molecule has 1 spiro atoms. The standard InChI is InChI=1S/C21H25N5O2/c1-13-6-5-7-15-12-16(14(2)22-17(13)15)18(27)26-10-8-21(9-11-26)19(28)23-20(24-21)25(3)4/h5-7,12H,8-11H2,1-4H3,(H,23,24,28). The number of piperidine rings is 1. The number of amides is 2. The Hall–Kier alpha value is -2.96. The largest absolute Gasteiger partial charge is 0.349 e. The Labute approximate surface area is 164 Å². The molecule has 28 heavy (non-hydrogen) atoms. The maximum absolute atomic E-state index is 13.1. The van der Waals surface area contributed by atoms with Gasteiger partial charge in [0.15, 0.2) is 0 Å².